The summed E-state index contributed by atoms with van der Waals surface area (Å²) < 4.78 is 19.1. The average Bonchev–Trinajstić information content (AvgIpc) is 3.00. The van der Waals surface area contributed by atoms with Gasteiger partial charge in [0.2, 0.25) is 5.91 Å². The highest BCUT2D eigenvalue weighted by Crippen LogP contribution is 2.30. The number of hydrogen-bond donors (Lipinski definition) is 0. The quantitative estimate of drug-likeness (QED) is 0.247. The summed E-state index contributed by atoms with van der Waals surface area (Å²) >= 11 is 0. The van der Waals surface area contributed by atoms with Crippen LogP contribution in [0.1, 0.15) is 38.7 Å². The molecule has 4 aromatic carbocycles. The zero-order chi connectivity index (χ0) is 28.8. The lowest BCUT2D eigenvalue weighted by Crippen LogP contribution is -2.53. The molecule has 0 saturated heterocycles. The third kappa shape index (κ3) is 6.55. The van der Waals surface area contributed by atoms with Crippen molar-refractivity contribution in [1.82, 2.24) is 9.80 Å². The molecular weight excluding hydrogens is 515 g/mol. The number of benzene rings is 4. The van der Waals surface area contributed by atoms with Gasteiger partial charge in [-0.2, -0.15) is 0 Å². The number of carbonyl (C=O) groups is 2. The van der Waals surface area contributed by atoms with Gasteiger partial charge in [-0.25, -0.2) is 4.39 Å². The molecule has 6 heteroatoms. The molecule has 1 aliphatic rings. The van der Waals surface area contributed by atoms with Crippen LogP contribution in [-0.2, 0) is 17.8 Å². The molecule has 0 spiro atoms. The van der Waals surface area contributed by atoms with E-state index in [2.05, 4.69) is 0 Å². The van der Waals surface area contributed by atoms with Crippen molar-refractivity contribution < 1.29 is 18.7 Å². The fraction of sp³-hybridized carbons (Fsp3) is 0.200. The van der Waals surface area contributed by atoms with Crippen LogP contribution in [0.5, 0.6) is 5.75 Å². The molecule has 0 fully saturated rings. The summed E-state index contributed by atoms with van der Waals surface area (Å²) in [6, 6.07) is 29.8. The van der Waals surface area contributed by atoms with Crippen molar-refractivity contribution in [3.05, 3.63) is 149 Å². The second kappa shape index (κ2) is 12.6. The van der Waals surface area contributed by atoms with Gasteiger partial charge >= 0.3 is 0 Å². The van der Waals surface area contributed by atoms with Gasteiger partial charge in [-0.05, 0) is 60.0 Å². The van der Waals surface area contributed by atoms with E-state index in [9.17, 15) is 14.0 Å². The van der Waals surface area contributed by atoms with Gasteiger partial charge in [0.15, 0.2) is 0 Å². The summed E-state index contributed by atoms with van der Waals surface area (Å²) in [7, 11) is 1.61. The highest BCUT2D eigenvalue weighted by molar-refractivity contribution is 5.98. The summed E-state index contributed by atoms with van der Waals surface area (Å²) in [6.45, 7) is 2.51. The van der Waals surface area contributed by atoms with Crippen molar-refractivity contribution >= 4 is 11.8 Å². The number of nitrogens with zero attached hydrogens (tertiary/aromatic N) is 2. The van der Waals surface area contributed by atoms with E-state index in [0.29, 0.717) is 12.0 Å². The zero-order valence-corrected chi connectivity index (χ0v) is 23.2. The summed E-state index contributed by atoms with van der Waals surface area (Å²) in [6.07, 6.45) is 4.29. The molecule has 5 nitrogen and oxygen atoms in total. The number of rotatable bonds is 7. The maximum Gasteiger partial charge on any atom is 0.254 e. The lowest BCUT2D eigenvalue weighted by Gasteiger charge is -2.39. The monoisotopic (exact) mass is 548 g/mol. The van der Waals surface area contributed by atoms with Crippen molar-refractivity contribution in [1.29, 1.82) is 0 Å². The van der Waals surface area contributed by atoms with Crippen LogP contribution < -0.4 is 4.74 Å². The third-order valence-corrected chi connectivity index (χ3v) is 7.46. The molecule has 4 aromatic rings. The molecule has 0 aliphatic carbocycles. The topological polar surface area (TPSA) is 49.9 Å². The van der Waals surface area contributed by atoms with Gasteiger partial charge in [-0.1, -0.05) is 84.4 Å². The second-order valence-electron chi connectivity index (χ2n) is 10.3. The Morgan fingerprint density at radius 3 is 2.22 bits per heavy atom. The zero-order valence-electron chi connectivity index (χ0n) is 23.2. The first-order valence-electron chi connectivity index (χ1n) is 13.7. The number of methoxy groups -OCH3 is 1. The maximum absolute atomic E-state index is 14.7. The molecule has 1 heterocycles. The number of hydrogen-bond acceptors (Lipinski definition) is 3. The van der Waals surface area contributed by atoms with Crippen molar-refractivity contribution in [2.45, 2.75) is 32.0 Å². The minimum Gasteiger partial charge on any atom is -0.497 e. The van der Waals surface area contributed by atoms with E-state index in [4.69, 9.17) is 4.74 Å². The van der Waals surface area contributed by atoms with Crippen LogP contribution in [0, 0.1) is 12.7 Å². The van der Waals surface area contributed by atoms with E-state index in [1.165, 1.54) is 12.1 Å². The number of ether oxygens (including phenoxy) is 1. The van der Waals surface area contributed by atoms with Crippen LogP contribution in [0.25, 0.3) is 0 Å². The minimum absolute atomic E-state index is 0.177. The average molecular weight is 549 g/mol. The number of halogens is 1. The van der Waals surface area contributed by atoms with Crippen molar-refractivity contribution in [3.8, 4) is 5.75 Å². The minimum atomic E-state index is -0.752. The Kier molecular flexibility index (Phi) is 8.59. The Hall–Kier alpha value is -4.71. The summed E-state index contributed by atoms with van der Waals surface area (Å²) in [5.74, 6) is 0.00495. The lowest BCUT2D eigenvalue weighted by molar-refractivity contribution is -0.138. The molecule has 1 aliphatic heterocycles. The summed E-state index contributed by atoms with van der Waals surface area (Å²) in [5, 5.41) is 0. The molecule has 0 saturated carbocycles. The van der Waals surface area contributed by atoms with Crippen LogP contribution in [0.15, 0.2) is 115 Å². The molecular formula is C35H33FN2O3. The van der Waals surface area contributed by atoms with E-state index in [1.807, 2.05) is 85.8 Å². The van der Waals surface area contributed by atoms with E-state index < -0.39 is 12.1 Å². The normalized spacial score (nSPS) is 18.0. The third-order valence-electron chi connectivity index (χ3n) is 7.46. The molecule has 0 N–H and O–H groups in total. The van der Waals surface area contributed by atoms with Crippen molar-refractivity contribution in [2.75, 3.05) is 13.7 Å². The van der Waals surface area contributed by atoms with Crippen LogP contribution in [0.2, 0.25) is 0 Å². The number of amides is 2. The number of aryl methyl sites for hydroxylation is 1. The summed E-state index contributed by atoms with van der Waals surface area (Å²) in [5.41, 5.74) is 4.25. The number of carbonyl (C=O) groups excluding carboxylic acids is 2. The van der Waals surface area contributed by atoms with Crippen LogP contribution in [-0.4, -0.2) is 41.3 Å². The Morgan fingerprint density at radius 2 is 1.56 bits per heavy atom. The van der Waals surface area contributed by atoms with Crippen LogP contribution >= 0.6 is 0 Å². The predicted octanol–water partition coefficient (Wildman–Crippen LogP) is 6.54. The van der Waals surface area contributed by atoms with Gasteiger partial charge in [0.25, 0.3) is 5.91 Å². The highest BCUT2D eigenvalue weighted by atomic mass is 19.1. The fourth-order valence-electron chi connectivity index (χ4n) is 5.17. The van der Waals surface area contributed by atoms with E-state index in [-0.39, 0.29) is 30.7 Å². The smallest absolute Gasteiger partial charge is 0.254 e. The lowest BCUT2D eigenvalue weighted by atomic mass is 9.96. The largest absolute Gasteiger partial charge is 0.497 e. The first kappa shape index (κ1) is 27.8. The first-order valence-corrected chi connectivity index (χ1v) is 13.7. The van der Waals surface area contributed by atoms with E-state index >= 15 is 0 Å². The Labute approximate surface area is 240 Å². The van der Waals surface area contributed by atoms with Crippen LogP contribution in [0.4, 0.5) is 4.39 Å². The van der Waals surface area contributed by atoms with Gasteiger partial charge in [-0.15, -0.1) is 0 Å². The van der Waals surface area contributed by atoms with E-state index in [0.717, 1.165) is 28.0 Å². The first-order chi connectivity index (χ1) is 19.9. The Balaban J connectivity index is 1.59. The van der Waals surface area contributed by atoms with Gasteiger partial charge in [0.1, 0.15) is 17.6 Å². The maximum atomic E-state index is 14.7. The molecule has 0 radical (unpaired) electrons. The van der Waals surface area contributed by atoms with Gasteiger partial charge in [0, 0.05) is 25.1 Å². The second-order valence-corrected chi connectivity index (χ2v) is 10.3. The van der Waals surface area contributed by atoms with Gasteiger partial charge < -0.3 is 14.5 Å². The van der Waals surface area contributed by atoms with Crippen LogP contribution in [0.3, 0.4) is 0 Å². The molecule has 0 bridgehead atoms. The Morgan fingerprint density at radius 1 is 0.878 bits per heavy atom. The molecule has 208 valence electrons. The molecule has 0 aromatic heterocycles. The standard InChI is InChI=1S/C35H33FN2O3/c1-25-10-14-29(15-11-25)34(39)37-22-6-9-32(28-16-20-31(41-2)21-17-28)38(24-27-12-18-30(36)19-13-27)35(40)33(37)23-26-7-4-3-5-8-26/h3-21,32-33H,22-24H2,1-2H3/b9-6-/t32?,33-/m1/s1. The molecule has 5 rings (SSSR count). The molecule has 1 unspecified atom stereocenters. The highest BCUT2D eigenvalue weighted by Gasteiger charge is 2.37. The van der Waals surface area contributed by atoms with Gasteiger partial charge in [0.05, 0.1) is 13.2 Å². The molecule has 2 amide bonds. The van der Waals surface area contributed by atoms with Gasteiger partial charge in [-0.3, -0.25) is 9.59 Å². The van der Waals surface area contributed by atoms with Crippen molar-refractivity contribution in [2.24, 2.45) is 0 Å². The fourth-order valence-corrected chi connectivity index (χ4v) is 5.17. The SMILES string of the molecule is COc1ccc(C2/C=C\CN(C(=O)c3ccc(C)cc3)[C@H](Cc3ccccc3)C(=O)N2Cc2ccc(F)cc2)cc1. The predicted molar refractivity (Wildman–Crippen MR) is 158 cm³/mol. The van der Waals surface area contributed by atoms with E-state index in [1.54, 1.807) is 41.2 Å². The molecule has 2 atom stereocenters. The summed E-state index contributed by atoms with van der Waals surface area (Å²) in [4.78, 5) is 32.0. The van der Waals surface area contributed by atoms with Crippen molar-refractivity contribution in [3.63, 3.8) is 0 Å². The molecule has 41 heavy (non-hydrogen) atoms. The Bertz CT molecular complexity index is 1500.